The van der Waals surface area contributed by atoms with Crippen molar-refractivity contribution in [3.05, 3.63) is 59.7 Å². The molecule has 0 aromatic heterocycles. The molecule has 0 N–H and O–H groups in total. The van der Waals surface area contributed by atoms with Crippen molar-refractivity contribution in [3.8, 4) is 11.5 Å². The molecule has 0 aliphatic heterocycles. The molecule has 2 aromatic carbocycles. The van der Waals surface area contributed by atoms with Gasteiger partial charge in [0.15, 0.2) is 6.29 Å². The quantitative estimate of drug-likeness (QED) is 0.695. The minimum atomic E-state index is -0.222. The summed E-state index contributed by atoms with van der Waals surface area (Å²) in [7, 11) is 4.96. The molecule has 4 nitrogen and oxygen atoms in total. The van der Waals surface area contributed by atoms with Gasteiger partial charge in [-0.3, -0.25) is 0 Å². The highest BCUT2D eigenvalue weighted by Crippen LogP contribution is 2.22. The van der Waals surface area contributed by atoms with Crippen molar-refractivity contribution in [2.45, 2.75) is 19.3 Å². The van der Waals surface area contributed by atoms with Gasteiger partial charge in [-0.05, 0) is 35.4 Å². The van der Waals surface area contributed by atoms with Gasteiger partial charge in [0.05, 0.1) is 6.61 Å². The number of methoxy groups -OCH3 is 3. The molecule has 4 heteroatoms. The van der Waals surface area contributed by atoms with Crippen molar-refractivity contribution >= 4 is 0 Å². The van der Waals surface area contributed by atoms with Crippen LogP contribution < -0.4 is 4.74 Å². The van der Waals surface area contributed by atoms with Crippen LogP contribution in [0, 0.1) is 0 Å². The second-order valence-electron chi connectivity index (χ2n) is 4.93. The molecule has 22 heavy (non-hydrogen) atoms. The summed E-state index contributed by atoms with van der Waals surface area (Å²) in [5, 5.41) is 0. The van der Waals surface area contributed by atoms with E-state index < -0.39 is 0 Å². The third-order valence-corrected chi connectivity index (χ3v) is 3.32. The molecule has 0 aliphatic carbocycles. The predicted molar refractivity (Wildman–Crippen MR) is 85.2 cm³/mol. The van der Waals surface area contributed by atoms with E-state index in [1.807, 2.05) is 48.5 Å². The Morgan fingerprint density at radius 3 is 1.68 bits per heavy atom. The standard InChI is InChI=1S/C18H22O4/c1-19-13-15-6-10-17(11-7-15)22-16-8-4-14(5-9-16)12-18(20-2)21-3/h4-11,18H,12-13H2,1-3H3. The first kappa shape index (κ1) is 16.5. The van der Waals surface area contributed by atoms with Crippen molar-refractivity contribution in [1.82, 2.24) is 0 Å². The molecular weight excluding hydrogens is 280 g/mol. The molecule has 0 unspecified atom stereocenters. The highest BCUT2D eigenvalue weighted by molar-refractivity contribution is 5.34. The smallest absolute Gasteiger partial charge is 0.160 e. The molecule has 118 valence electrons. The molecule has 0 aliphatic rings. The van der Waals surface area contributed by atoms with E-state index in [2.05, 4.69) is 0 Å². The SMILES string of the molecule is COCc1ccc(Oc2ccc(CC(OC)OC)cc2)cc1. The Morgan fingerprint density at radius 2 is 1.23 bits per heavy atom. The second-order valence-corrected chi connectivity index (χ2v) is 4.93. The summed E-state index contributed by atoms with van der Waals surface area (Å²) in [4.78, 5) is 0. The Kier molecular flexibility index (Phi) is 6.40. The third kappa shape index (κ3) is 4.84. The Balaban J connectivity index is 1.95. The molecule has 0 saturated heterocycles. The van der Waals surface area contributed by atoms with Gasteiger partial charge in [0.2, 0.25) is 0 Å². The average molecular weight is 302 g/mol. The van der Waals surface area contributed by atoms with E-state index in [4.69, 9.17) is 18.9 Å². The fraction of sp³-hybridized carbons (Fsp3) is 0.333. The Labute approximate surface area is 131 Å². The van der Waals surface area contributed by atoms with E-state index in [-0.39, 0.29) is 6.29 Å². The molecule has 0 saturated carbocycles. The number of hydrogen-bond acceptors (Lipinski definition) is 4. The van der Waals surface area contributed by atoms with Gasteiger partial charge in [-0.2, -0.15) is 0 Å². The average Bonchev–Trinajstić information content (AvgIpc) is 2.56. The van der Waals surface area contributed by atoms with E-state index in [0.717, 1.165) is 22.6 Å². The summed E-state index contributed by atoms with van der Waals surface area (Å²) in [6, 6.07) is 15.8. The van der Waals surface area contributed by atoms with Crippen LogP contribution in [0.4, 0.5) is 0 Å². The van der Waals surface area contributed by atoms with Gasteiger partial charge >= 0.3 is 0 Å². The summed E-state index contributed by atoms with van der Waals surface area (Å²) in [6.07, 6.45) is 0.485. The van der Waals surface area contributed by atoms with Crippen LogP contribution in [0.3, 0.4) is 0 Å². The molecule has 0 fully saturated rings. The summed E-state index contributed by atoms with van der Waals surface area (Å²) in [5.74, 6) is 1.61. The monoisotopic (exact) mass is 302 g/mol. The lowest BCUT2D eigenvalue weighted by Crippen LogP contribution is -2.15. The molecule has 0 radical (unpaired) electrons. The highest BCUT2D eigenvalue weighted by Gasteiger charge is 2.06. The zero-order valence-corrected chi connectivity index (χ0v) is 13.2. The van der Waals surface area contributed by atoms with E-state index in [9.17, 15) is 0 Å². The fourth-order valence-electron chi connectivity index (χ4n) is 2.11. The van der Waals surface area contributed by atoms with Crippen molar-refractivity contribution < 1.29 is 18.9 Å². The molecule has 0 spiro atoms. The van der Waals surface area contributed by atoms with Gasteiger partial charge in [-0.25, -0.2) is 0 Å². The van der Waals surface area contributed by atoms with Crippen LogP contribution in [0.15, 0.2) is 48.5 Å². The van der Waals surface area contributed by atoms with Crippen molar-refractivity contribution in [1.29, 1.82) is 0 Å². The Hall–Kier alpha value is -1.88. The molecule has 0 atom stereocenters. The Morgan fingerprint density at radius 1 is 0.727 bits per heavy atom. The summed E-state index contributed by atoms with van der Waals surface area (Å²) < 4.78 is 21.3. The molecular formula is C18H22O4. The first-order chi connectivity index (χ1) is 10.7. The first-order valence-electron chi connectivity index (χ1n) is 7.15. The summed E-state index contributed by atoms with van der Waals surface area (Å²) in [6.45, 7) is 0.606. The lowest BCUT2D eigenvalue weighted by atomic mass is 10.1. The zero-order valence-electron chi connectivity index (χ0n) is 13.2. The predicted octanol–water partition coefficient (Wildman–Crippen LogP) is 3.79. The van der Waals surface area contributed by atoms with Crippen LogP contribution in [-0.4, -0.2) is 27.6 Å². The van der Waals surface area contributed by atoms with E-state index >= 15 is 0 Å². The van der Waals surface area contributed by atoms with Crippen LogP contribution in [0.25, 0.3) is 0 Å². The van der Waals surface area contributed by atoms with Gasteiger partial charge in [0, 0.05) is 27.8 Å². The molecule has 0 amide bonds. The molecule has 0 bridgehead atoms. The van der Waals surface area contributed by atoms with E-state index in [1.165, 1.54) is 0 Å². The maximum atomic E-state index is 5.82. The van der Waals surface area contributed by atoms with Crippen molar-refractivity contribution in [2.24, 2.45) is 0 Å². The summed E-state index contributed by atoms with van der Waals surface area (Å²) in [5.41, 5.74) is 2.26. The maximum absolute atomic E-state index is 5.82. The maximum Gasteiger partial charge on any atom is 0.160 e. The van der Waals surface area contributed by atoms with Crippen LogP contribution in [-0.2, 0) is 27.2 Å². The van der Waals surface area contributed by atoms with Crippen LogP contribution in [0.2, 0.25) is 0 Å². The normalized spacial score (nSPS) is 10.9. The number of rotatable bonds is 8. The topological polar surface area (TPSA) is 36.9 Å². The summed E-state index contributed by atoms with van der Waals surface area (Å²) >= 11 is 0. The van der Waals surface area contributed by atoms with Gasteiger partial charge in [0.25, 0.3) is 0 Å². The minimum Gasteiger partial charge on any atom is -0.457 e. The van der Waals surface area contributed by atoms with Gasteiger partial charge < -0.3 is 18.9 Å². The van der Waals surface area contributed by atoms with Crippen LogP contribution in [0.1, 0.15) is 11.1 Å². The molecule has 0 heterocycles. The lowest BCUT2D eigenvalue weighted by molar-refractivity contribution is -0.100. The lowest BCUT2D eigenvalue weighted by Gasteiger charge is -2.13. The number of hydrogen-bond donors (Lipinski definition) is 0. The number of ether oxygens (including phenoxy) is 4. The second kappa shape index (κ2) is 8.54. The number of benzene rings is 2. The van der Waals surface area contributed by atoms with Gasteiger partial charge in [-0.1, -0.05) is 24.3 Å². The van der Waals surface area contributed by atoms with E-state index in [0.29, 0.717) is 13.0 Å². The zero-order chi connectivity index (χ0) is 15.8. The van der Waals surface area contributed by atoms with Gasteiger partial charge in [-0.15, -0.1) is 0 Å². The van der Waals surface area contributed by atoms with Crippen molar-refractivity contribution in [2.75, 3.05) is 21.3 Å². The molecule has 2 rings (SSSR count). The van der Waals surface area contributed by atoms with E-state index in [1.54, 1.807) is 21.3 Å². The van der Waals surface area contributed by atoms with Crippen LogP contribution in [0.5, 0.6) is 11.5 Å². The highest BCUT2D eigenvalue weighted by atomic mass is 16.7. The fourth-order valence-corrected chi connectivity index (χ4v) is 2.11. The third-order valence-electron chi connectivity index (χ3n) is 3.32. The Bertz CT molecular complexity index is 544. The first-order valence-corrected chi connectivity index (χ1v) is 7.15. The van der Waals surface area contributed by atoms with Gasteiger partial charge in [0.1, 0.15) is 11.5 Å². The molecule has 2 aromatic rings. The van der Waals surface area contributed by atoms with Crippen LogP contribution >= 0.6 is 0 Å². The minimum absolute atomic E-state index is 0.222. The largest absolute Gasteiger partial charge is 0.457 e. The van der Waals surface area contributed by atoms with Crippen molar-refractivity contribution in [3.63, 3.8) is 0 Å².